The van der Waals surface area contributed by atoms with Crippen LogP contribution in [0.1, 0.15) is 41.9 Å². The predicted octanol–water partition coefficient (Wildman–Crippen LogP) is 3.16. The Morgan fingerprint density at radius 3 is 2.55 bits per heavy atom. The number of hydrogen-bond donors (Lipinski definition) is 1. The Morgan fingerprint density at radius 2 is 1.84 bits per heavy atom. The summed E-state index contributed by atoms with van der Waals surface area (Å²) in [6, 6.07) is 13.2. The van der Waals surface area contributed by atoms with Gasteiger partial charge in [0.15, 0.2) is 6.10 Å². The van der Waals surface area contributed by atoms with Crippen molar-refractivity contribution in [2.75, 3.05) is 20.1 Å². The molecule has 1 aliphatic heterocycles. The molecule has 3 aromatic rings. The van der Waals surface area contributed by atoms with Gasteiger partial charge in [0, 0.05) is 54.9 Å². The topological polar surface area (TPSA) is 84.4 Å². The van der Waals surface area contributed by atoms with E-state index in [1.54, 1.807) is 32.3 Å². The van der Waals surface area contributed by atoms with Gasteiger partial charge in [-0.25, -0.2) is 0 Å². The Bertz CT molecular complexity index is 1080. The maximum atomic E-state index is 13.0. The van der Waals surface area contributed by atoms with E-state index in [2.05, 4.69) is 21.4 Å². The largest absolute Gasteiger partial charge is 0.480 e. The molecule has 1 fully saturated rings. The predicted molar refractivity (Wildman–Crippen MR) is 118 cm³/mol. The maximum absolute atomic E-state index is 13.0. The maximum Gasteiger partial charge on any atom is 0.270 e. The fourth-order valence-electron chi connectivity index (χ4n) is 4.09. The zero-order valence-electron chi connectivity index (χ0n) is 17.7. The van der Waals surface area contributed by atoms with E-state index in [0.717, 1.165) is 23.9 Å². The number of likely N-dealkylation sites (tertiary alicyclic amines) is 1. The number of carbonyl (C=O) groups is 2. The number of rotatable bonds is 5. The van der Waals surface area contributed by atoms with Gasteiger partial charge in [-0.1, -0.05) is 18.2 Å². The van der Waals surface area contributed by atoms with Crippen LogP contribution < -0.4 is 10.1 Å². The average molecular weight is 418 g/mol. The van der Waals surface area contributed by atoms with Crippen LogP contribution in [0.5, 0.6) is 5.75 Å². The number of nitrogens with zero attached hydrogens (tertiary/aromatic N) is 3. The monoisotopic (exact) mass is 418 g/mol. The second-order valence-electron chi connectivity index (χ2n) is 7.70. The standard InChI is InChI=1S/C24H26N4O3/c1-16(24(30)28-14-10-17(11-15-28)20-7-3-4-12-26-20)31-21-8-5-6-19-18(21)9-13-27-22(19)23(29)25-2/h3-9,12-13,16-17H,10-11,14-15H2,1-2H3,(H,25,29)/t16-/m0/s1. The molecule has 1 N–H and O–H groups in total. The van der Waals surface area contributed by atoms with E-state index < -0.39 is 6.10 Å². The first-order chi connectivity index (χ1) is 15.1. The number of fused-ring (bicyclic) bond motifs is 1. The van der Waals surface area contributed by atoms with Gasteiger partial charge >= 0.3 is 0 Å². The zero-order chi connectivity index (χ0) is 21.8. The molecule has 0 radical (unpaired) electrons. The van der Waals surface area contributed by atoms with Crippen LogP contribution in [0.2, 0.25) is 0 Å². The normalized spacial score (nSPS) is 15.5. The number of aromatic nitrogens is 2. The second kappa shape index (κ2) is 9.12. The third-order valence-corrected chi connectivity index (χ3v) is 5.77. The lowest BCUT2D eigenvalue weighted by molar-refractivity contribution is -0.139. The Balaban J connectivity index is 1.45. The lowest BCUT2D eigenvalue weighted by atomic mass is 9.93. The summed E-state index contributed by atoms with van der Waals surface area (Å²) in [4.78, 5) is 35.7. The molecule has 0 bridgehead atoms. The number of nitrogens with one attached hydrogen (secondary N) is 1. The quantitative estimate of drug-likeness (QED) is 0.688. The molecule has 7 nitrogen and oxygen atoms in total. The molecule has 0 aliphatic carbocycles. The van der Waals surface area contributed by atoms with E-state index in [-0.39, 0.29) is 11.8 Å². The van der Waals surface area contributed by atoms with E-state index in [1.807, 2.05) is 35.4 Å². The minimum absolute atomic E-state index is 0.0305. The molecule has 7 heteroatoms. The molecule has 0 spiro atoms. The van der Waals surface area contributed by atoms with Crippen molar-refractivity contribution in [3.05, 3.63) is 66.2 Å². The second-order valence-corrected chi connectivity index (χ2v) is 7.70. The summed E-state index contributed by atoms with van der Waals surface area (Å²) < 4.78 is 6.06. The van der Waals surface area contributed by atoms with E-state index in [1.165, 1.54) is 0 Å². The van der Waals surface area contributed by atoms with Crippen LogP contribution in [0.15, 0.2) is 54.9 Å². The summed E-state index contributed by atoms with van der Waals surface area (Å²) in [5.41, 5.74) is 1.43. The molecule has 1 aliphatic rings. The van der Waals surface area contributed by atoms with Gasteiger partial charge in [0.05, 0.1) is 0 Å². The van der Waals surface area contributed by atoms with E-state index in [0.29, 0.717) is 35.8 Å². The summed E-state index contributed by atoms with van der Waals surface area (Å²) in [5.74, 6) is 0.657. The molecule has 1 aromatic carbocycles. The van der Waals surface area contributed by atoms with Gasteiger partial charge in [0.25, 0.3) is 11.8 Å². The van der Waals surface area contributed by atoms with Crippen molar-refractivity contribution in [2.45, 2.75) is 31.8 Å². The van der Waals surface area contributed by atoms with Gasteiger partial charge in [-0.15, -0.1) is 0 Å². The summed E-state index contributed by atoms with van der Waals surface area (Å²) in [5, 5.41) is 4.05. The number of piperidine rings is 1. The third-order valence-electron chi connectivity index (χ3n) is 5.77. The van der Waals surface area contributed by atoms with Crippen LogP contribution >= 0.6 is 0 Å². The molecule has 2 amide bonds. The smallest absolute Gasteiger partial charge is 0.270 e. The Labute approximate surface area is 181 Å². The first kappa shape index (κ1) is 20.8. The summed E-state index contributed by atoms with van der Waals surface area (Å²) in [6.45, 7) is 3.15. The van der Waals surface area contributed by atoms with Crippen LogP contribution in [0.25, 0.3) is 10.8 Å². The zero-order valence-corrected chi connectivity index (χ0v) is 17.7. The van der Waals surface area contributed by atoms with Crippen LogP contribution in [-0.4, -0.2) is 52.9 Å². The van der Waals surface area contributed by atoms with Crippen molar-refractivity contribution in [3.63, 3.8) is 0 Å². The number of pyridine rings is 2. The van der Waals surface area contributed by atoms with Gasteiger partial charge in [0.2, 0.25) is 0 Å². The van der Waals surface area contributed by atoms with Crippen molar-refractivity contribution in [1.82, 2.24) is 20.2 Å². The third kappa shape index (κ3) is 4.35. The molecule has 1 saturated heterocycles. The van der Waals surface area contributed by atoms with Gasteiger partial charge in [-0.3, -0.25) is 19.6 Å². The van der Waals surface area contributed by atoms with E-state index in [4.69, 9.17) is 4.74 Å². The SMILES string of the molecule is CNC(=O)c1nccc2c(O[C@@H](C)C(=O)N3CCC(c4ccccn4)CC3)cccc12. The van der Waals surface area contributed by atoms with Crippen LogP contribution in [0.4, 0.5) is 0 Å². The summed E-state index contributed by atoms with van der Waals surface area (Å²) in [7, 11) is 1.57. The average Bonchev–Trinajstić information content (AvgIpc) is 2.83. The Kier molecular flexibility index (Phi) is 6.11. The molecular formula is C24H26N4O3. The van der Waals surface area contributed by atoms with Gasteiger partial charge in [-0.2, -0.15) is 0 Å². The van der Waals surface area contributed by atoms with Crippen molar-refractivity contribution in [3.8, 4) is 5.75 Å². The number of amides is 2. The molecule has 4 rings (SSSR count). The molecule has 1 atom stereocenters. The number of benzene rings is 1. The number of carbonyl (C=O) groups excluding carboxylic acids is 2. The Morgan fingerprint density at radius 1 is 1.03 bits per heavy atom. The fraction of sp³-hybridized carbons (Fsp3) is 0.333. The molecule has 160 valence electrons. The van der Waals surface area contributed by atoms with Crippen molar-refractivity contribution in [1.29, 1.82) is 0 Å². The Hall–Kier alpha value is -3.48. The van der Waals surface area contributed by atoms with Gasteiger partial charge < -0.3 is 15.0 Å². The van der Waals surface area contributed by atoms with Crippen LogP contribution in [-0.2, 0) is 4.79 Å². The molecular weight excluding hydrogens is 392 g/mol. The minimum Gasteiger partial charge on any atom is -0.480 e. The van der Waals surface area contributed by atoms with Gasteiger partial charge in [0.1, 0.15) is 11.4 Å². The first-order valence-electron chi connectivity index (χ1n) is 10.5. The molecule has 0 saturated carbocycles. The molecule has 0 unspecified atom stereocenters. The van der Waals surface area contributed by atoms with Crippen molar-refractivity contribution >= 4 is 22.6 Å². The lowest BCUT2D eigenvalue weighted by Gasteiger charge is -2.33. The lowest BCUT2D eigenvalue weighted by Crippen LogP contribution is -2.44. The highest BCUT2D eigenvalue weighted by atomic mass is 16.5. The first-order valence-corrected chi connectivity index (χ1v) is 10.5. The van der Waals surface area contributed by atoms with Gasteiger partial charge in [-0.05, 0) is 44.0 Å². The van der Waals surface area contributed by atoms with Crippen molar-refractivity contribution < 1.29 is 14.3 Å². The van der Waals surface area contributed by atoms with Crippen molar-refractivity contribution in [2.24, 2.45) is 0 Å². The van der Waals surface area contributed by atoms with E-state index in [9.17, 15) is 9.59 Å². The molecule has 31 heavy (non-hydrogen) atoms. The molecule has 3 heterocycles. The number of ether oxygens (including phenoxy) is 1. The van der Waals surface area contributed by atoms with Crippen LogP contribution in [0.3, 0.4) is 0 Å². The fourth-order valence-corrected chi connectivity index (χ4v) is 4.09. The van der Waals surface area contributed by atoms with E-state index >= 15 is 0 Å². The van der Waals surface area contributed by atoms with Crippen LogP contribution in [0, 0.1) is 0 Å². The summed E-state index contributed by atoms with van der Waals surface area (Å²) >= 11 is 0. The summed E-state index contributed by atoms with van der Waals surface area (Å²) in [6.07, 6.45) is 4.55. The minimum atomic E-state index is -0.631. The highest BCUT2D eigenvalue weighted by Crippen LogP contribution is 2.29. The number of hydrogen-bond acceptors (Lipinski definition) is 5. The molecule has 2 aromatic heterocycles. The highest BCUT2D eigenvalue weighted by molar-refractivity contribution is 6.06. The highest BCUT2D eigenvalue weighted by Gasteiger charge is 2.28.